The number of likely N-dealkylation sites (tertiary alicyclic amines) is 1. The number of piperidine rings is 1. The molecular weight excluding hydrogens is 539 g/mol. The Bertz CT molecular complexity index is 1120. The first-order chi connectivity index (χ1) is 17.5. The molecule has 208 valence electrons. The molecule has 8 nitrogen and oxygen atoms in total. The second kappa shape index (κ2) is 15.0. The number of rotatable bonds is 9. The normalized spacial score (nSPS) is 18.1. The van der Waals surface area contributed by atoms with E-state index in [0.29, 0.717) is 12.5 Å². The van der Waals surface area contributed by atoms with Gasteiger partial charge in [0, 0.05) is 31.5 Å². The van der Waals surface area contributed by atoms with Crippen molar-refractivity contribution < 1.29 is 23.1 Å². The molecule has 2 aliphatic heterocycles. The molecule has 1 saturated heterocycles. The van der Waals surface area contributed by atoms with Crippen LogP contribution in [0, 0.1) is 11.6 Å². The first kappa shape index (κ1) is 31.4. The second-order valence-corrected chi connectivity index (χ2v) is 9.01. The zero-order valence-corrected chi connectivity index (χ0v) is 22.7. The van der Waals surface area contributed by atoms with Gasteiger partial charge in [0.25, 0.3) is 5.91 Å². The van der Waals surface area contributed by atoms with Crippen LogP contribution in [0.25, 0.3) is 0 Å². The number of carbonyl (C=O) groups excluding carboxylic acids is 2. The molecule has 0 unspecified atom stereocenters. The largest absolute Gasteiger partial charge is 0.378 e. The number of benzene rings is 1. The molecule has 4 rings (SSSR count). The molecule has 2 aliphatic rings. The number of nitrogens with zero attached hydrogens (tertiary/aromatic N) is 2. The first-order valence-electron chi connectivity index (χ1n) is 12.1. The fourth-order valence-corrected chi connectivity index (χ4v) is 4.76. The van der Waals surface area contributed by atoms with E-state index in [1.807, 2.05) is 18.3 Å². The van der Waals surface area contributed by atoms with Crippen molar-refractivity contribution in [3.05, 3.63) is 76.8 Å². The number of amides is 3. The molecule has 0 radical (unpaired) electrons. The lowest BCUT2D eigenvalue weighted by Gasteiger charge is -2.32. The van der Waals surface area contributed by atoms with Crippen LogP contribution in [0.3, 0.4) is 0 Å². The molecule has 3 N–H and O–H groups in total. The summed E-state index contributed by atoms with van der Waals surface area (Å²) < 4.78 is 32.5. The summed E-state index contributed by atoms with van der Waals surface area (Å²) >= 11 is 0. The Kier molecular flexibility index (Phi) is 12.4. The summed E-state index contributed by atoms with van der Waals surface area (Å²) in [6.07, 6.45) is 4.70. The lowest BCUT2D eigenvalue weighted by atomic mass is 9.93. The van der Waals surface area contributed by atoms with Crippen molar-refractivity contribution in [1.29, 1.82) is 0 Å². The Morgan fingerprint density at radius 3 is 2.58 bits per heavy atom. The zero-order chi connectivity index (χ0) is 25.5. The highest BCUT2D eigenvalue weighted by atomic mass is 35.5. The van der Waals surface area contributed by atoms with Crippen molar-refractivity contribution >= 4 is 36.8 Å². The van der Waals surface area contributed by atoms with Gasteiger partial charge >= 0.3 is 6.03 Å². The number of halogens is 4. The monoisotopic (exact) mass is 571 g/mol. The smallest absolute Gasteiger partial charge is 0.319 e. The van der Waals surface area contributed by atoms with E-state index in [2.05, 4.69) is 31.9 Å². The molecule has 0 saturated carbocycles. The van der Waals surface area contributed by atoms with Crippen molar-refractivity contribution in [1.82, 2.24) is 25.8 Å². The molecule has 1 atom stereocenters. The van der Waals surface area contributed by atoms with Crippen LogP contribution in [0.4, 0.5) is 13.6 Å². The van der Waals surface area contributed by atoms with Crippen molar-refractivity contribution in [2.24, 2.45) is 0 Å². The third-order valence-electron chi connectivity index (χ3n) is 6.59. The predicted octanol–water partition coefficient (Wildman–Crippen LogP) is 3.84. The van der Waals surface area contributed by atoms with E-state index in [1.165, 1.54) is 13.2 Å². The van der Waals surface area contributed by atoms with E-state index in [1.54, 1.807) is 0 Å². The molecule has 3 amide bonds. The molecular formula is C26H33Cl2F2N5O3. The Labute approximate surface area is 233 Å². The number of nitrogens with one attached hydrogen (secondary N) is 3. The Hall–Kier alpha value is -2.79. The maximum Gasteiger partial charge on any atom is 0.319 e. The Balaban J connectivity index is 0.00000253. The minimum Gasteiger partial charge on any atom is -0.378 e. The van der Waals surface area contributed by atoms with Gasteiger partial charge in [0.15, 0.2) is 11.6 Å². The van der Waals surface area contributed by atoms with Crippen molar-refractivity contribution in [3.8, 4) is 0 Å². The highest BCUT2D eigenvalue weighted by Crippen LogP contribution is 2.28. The molecule has 1 fully saturated rings. The summed E-state index contributed by atoms with van der Waals surface area (Å²) in [7, 11) is 1.44. The molecule has 12 heteroatoms. The van der Waals surface area contributed by atoms with Crippen molar-refractivity contribution in [3.63, 3.8) is 0 Å². The summed E-state index contributed by atoms with van der Waals surface area (Å²) in [5.41, 5.74) is 1.90. The SMILES string of the molecule is COCC1=C(C(=O)NCCCN2CCC(c3ccccn3)CC2)[C@@H](c2ccc(F)c(F)c2)NC(=O)N1.Cl.Cl. The van der Waals surface area contributed by atoms with Crippen LogP contribution in [-0.4, -0.2) is 61.7 Å². The summed E-state index contributed by atoms with van der Waals surface area (Å²) in [5, 5.41) is 8.14. The number of pyridine rings is 1. The average molecular weight is 572 g/mol. The number of methoxy groups -OCH3 is 1. The molecule has 1 aromatic heterocycles. The summed E-state index contributed by atoms with van der Waals surface area (Å²) in [6, 6.07) is 7.85. The number of hydrogen-bond donors (Lipinski definition) is 3. The van der Waals surface area contributed by atoms with Gasteiger partial charge in [-0.15, -0.1) is 24.8 Å². The van der Waals surface area contributed by atoms with Crippen LogP contribution < -0.4 is 16.0 Å². The fraction of sp³-hybridized carbons (Fsp3) is 0.423. The number of aromatic nitrogens is 1. The zero-order valence-electron chi connectivity index (χ0n) is 21.0. The molecule has 1 aromatic carbocycles. The van der Waals surface area contributed by atoms with E-state index >= 15 is 0 Å². The Morgan fingerprint density at radius 2 is 1.92 bits per heavy atom. The van der Waals surface area contributed by atoms with Crippen LogP contribution in [0.1, 0.15) is 42.5 Å². The van der Waals surface area contributed by atoms with E-state index < -0.39 is 29.6 Å². The van der Waals surface area contributed by atoms with Gasteiger partial charge in [-0.25, -0.2) is 13.6 Å². The minimum atomic E-state index is -1.06. The molecule has 0 aliphatic carbocycles. The summed E-state index contributed by atoms with van der Waals surface area (Å²) in [4.78, 5) is 32.2. The molecule has 0 bridgehead atoms. The third kappa shape index (κ3) is 7.86. The fourth-order valence-electron chi connectivity index (χ4n) is 4.76. The first-order valence-corrected chi connectivity index (χ1v) is 12.1. The van der Waals surface area contributed by atoms with E-state index in [-0.39, 0.29) is 48.3 Å². The average Bonchev–Trinajstić information content (AvgIpc) is 2.89. The topological polar surface area (TPSA) is 95.6 Å². The van der Waals surface area contributed by atoms with E-state index in [4.69, 9.17) is 4.74 Å². The van der Waals surface area contributed by atoms with E-state index in [0.717, 1.165) is 56.7 Å². The lowest BCUT2D eigenvalue weighted by Crippen LogP contribution is -2.48. The Morgan fingerprint density at radius 1 is 1.16 bits per heavy atom. The number of hydrogen-bond acceptors (Lipinski definition) is 5. The van der Waals surface area contributed by atoms with Crippen LogP contribution in [0.5, 0.6) is 0 Å². The standard InChI is InChI=1S/C26H31F2N5O3.2ClH/c1-36-16-22-23(24(32-26(35)31-22)18-6-7-19(27)20(28)15-18)25(34)30-11-4-12-33-13-8-17(9-14-33)21-5-2-3-10-29-21;;/h2-3,5-7,10,15,17,24H,4,8-9,11-14,16H2,1H3,(H,30,34)(H2,31,32,35);2*1H/t24-;;/m1../s1. The van der Waals surface area contributed by atoms with Gasteiger partial charge in [0.2, 0.25) is 0 Å². The van der Waals surface area contributed by atoms with E-state index in [9.17, 15) is 18.4 Å². The number of carbonyl (C=O) groups is 2. The van der Waals surface area contributed by atoms with Crippen LogP contribution >= 0.6 is 24.8 Å². The van der Waals surface area contributed by atoms with Gasteiger partial charge in [-0.3, -0.25) is 9.78 Å². The number of urea groups is 1. The van der Waals surface area contributed by atoms with Crippen molar-refractivity contribution in [2.75, 3.05) is 39.9 Å². The minimum absolute atomic E-state index is 0. The summed E-state index contributed by atoms with van der Waals surface area (Å²) in [6.45, 7) is 3.22. The second-order valence-electron chi connectivity index (χ2n) is 9.01. The highest BCUT2D eigenvalue weighted by molar-refractivity contribution is 5.98. The molecule has 0 spiro atoms. The van der Waals surface area contributed by atoms with Gasteiger partial charge < -0.3 is 25.6 Å². The molecule has 2 aromatic rings. The van der Waals surface area contributed by atoms with Gasteiger partial charge in [-0.2, -0.15) is 0 Å². The number of ether oxygens (including phenoxy) is 1. The highest BCUT2D eigenvalue weighted by Gasteiger charge is 2.33. The third-order valence-corrected chi connectivity index (χ3v) is 6.59. The van der Waals surface area contributed by atoms with Crippen LogP contribution in [-0.2, 0) is 9.53 Å². The summed E-state index contributed by atoms with van der Waals surface area (Å²) in [5.74, 6) is -1.98. The molecule has 38 heavy (non-hydrogen) atoms. The maximum absolute atomic E-state index is 13.9. The van der Waals surface area contributed by atoms with Gasteiger partial charge in [0.05, 0.1) is 23.9 Å². The molecule has 3 heterocycles. The van der Waals surface area contributed by atoms with Gasteiger partial charge in [0.1, 0.15) is 0 Å². The quantitative estimate of drug-likeness (QED) is 0.397. The maximum atomic E-state index is 13.9. The van der Waals surface area contributed by atoms with Crippen molar-refractivity contribution in [2.45, 2.75) is 31.2 Å². The predicted molar refractivity (Wildman–Crippen MR) is 144 cm³/mol. The van der Waals surface area contributed by atoms with Crippen LogP contribution in [0.2, 0.25) is 0 Å². The van der Waals surface area contributed by atoms with Crippen LogP contribution in [0.15, 0.2) is 53.9 Å². The van der Waals surface area contributed by atoms with Gasteiger partial charge in [-0.1, -0.05) is 12.1 Å². The lowest BCUT2D eigenvalue weighted by molar-refractivity contribution is -0.118. The van der Waals surface area contributed by atoms with Gasteiger partial charge in [-0.05, 0) is 68.7 Å².